The van der Waals surface area contributed by atoms with Crippen LogP contribution in [0.2, 0.25) is 0 Å². The van der Waals surface area contributed by atoms with Gasteiger partial charge in [-0.25, -0.2) is 0 Å². The lowest BCUT2D eigenvalue weighted by atomic mass is 10.0. The highest BCUT2D eigenvalue weighted by molar-refractivity contribution is 5.28. The van der Waals surface area contributed by atoms with E-state index in [0.29, 0.717) is 12.1 Å². The third-order valence-corrected chi connectivity index (χ3v) is 4.89. The number of hydrogen-bond acceptors (Lipinski definition) is 5. The van der Waals surface area contributed by atoms with Crippen LogP contribution in [0.25, 0.3) is 0 Å². The highest BCUT2D eigenvalue weighted by atomic mass is 16.7. The highest BCUT2D eigenvalue weighted by Gasteiger charge is 2.20. The van der Waals surface area contributed by atoms with Gasteiger partial charge >= 0.3 is 0 Å². The van der Waals surface area contributed by atoms with Crippen molar-refractivity contribution in [3.05, 3.63) is 29.8 Å². The number of unbranched alkanes of at least 4 members (excludes halogenated alkanes) is 4. The lowest BCUT2D eigenvalue weighted by Crippen LogP contribution is -2.15. The fourth-order valence-corrected chi connectivity index (χ4v) is 3.45. The van der Waals surface area contributed by atoms with Gasteiger partial charge < -0.3 is 9.47 Å². The minimum absolute atomic E-state index is 0.0441. The predicted octanol–water partition coefficient (Wildman–Crippen LogP) is 3.71. The van der Waals surface area contributed by atoms with Crippen LogP contribution in [0.15, 0.2) is 24.3 Å². The van der Waals surface area contributed by atoms with Gasteiger partial charge in [-0.2, -0.15) is 5.48 Å². The highest BCUT2D eigenvalue weighted by Crippen LogP contribution is 2.21. The van der Waals surface area contributed by atoms with Crippen LogP contribution in [-0.4, -0.2) is 31.9 Å². The van der Waals surface area contributed by atoms with E-state index in [2.05, 4.69) is 29.9 Å². The molecule has 2 aliphatic heterocycles. The van der Waals surface area contributed by atoms with Crippen molar-refractivity contribution in [1.82, 2.24) is 10.8 Å². The zero-order valence-electron chi connectivity index (χ0n) is 15.3. The van der Waals surface area contributed by atoms with Gasteiger partial charge in [0.05, 0.1) is 19.3 Å². The first-order valence-corrected chi connectivity index (χ1v) is 9.80. The molecule has 0 bridgehead atoms. The summed E-state index contributed by atoms with van der Waals surface area (Å²) in [5.74, 6) is 0.946. The average Bonchev–Trinajstić information content (AvgIpc) is 3.30. The fourth-order valence-electron chi connectivity index (χ4n) is 3.45. The van der Waals surface area contributed by atoms with Gasteiger partial charge in [0, 0.05) is 12.6 Å². The van der Waals surface area contributed by atoms with Gasteiger partial charge in [-0.15, -0.1) is 0 Å². The summed E-state index contributed by atoms with van der Waals surface area (Å²) in [6, 6.07) is 8.75. The van der Waals surface area contributed by atoms with Gasteiger partial charge in [0.2, 0.25) is 0 Å². The monoisotopic (exact) mass is 348 g/mol. The van der Waals surface area contributed by atoms with Crippen LogP contribution in [0.3, 0.4) is 0 Å². The Kier molecular flexibility index (Phi) is 7.55. The summed E-state index contributed by atoms with van der Waals surface area (Å²) in [7, 11) is 0. The molecule has 0 aromatic heterocycles. The molecule has 0 radical (unpaired) electrons. The number of rotatable bonds is 10. The normalized spacial score (nSPS) is 26.2. The molecule has 1 aromatic carbocycles. The van der Waals surface area contributed by atoms with E-state index < -0.39 is 0 Å². The molecule has 140 valence electrons. The molecule has 2 fully saturated rings. The number of hydroxylamine groups is 1. The first-order valence-electron chi connectivity index (χ1n) is 9.80. The van der Waals surface area contributed by atoms with Crippen molar-refractivity contribution in [2.24, 2.45) is 0 Å². The smallest absolute Gasteiger partial charge is 0.134 e. The Balaban J connectivity index is 1.19. The van der Waals surface area contributed by atoms with E-state index in [1.54, 1.807) is 0 Å². The molecular weight excluding hydrogens is 316 g/mol. The van der Waals surface area contributed by atoms with Gasteiger partial charge in [-0.1, -0.05) is 37.8 Å². The Morgan fingerprint density at radius 2 is 1.88 bits per heavy atom. The zero-order chi connectivity index (χ0) is 17.3. The molecule has 25 heavy (non-hydrogen) atoms. The van der Waals surface area contributed by atoms with Crippen molar-refractivity contribution >= 4 is 0 Å². The molecule has 0 amide bonds. The molecule has 2 N–H and O–H groups in total. The van der Waals surface area contributed by atoms with E-state index in [0.717, 1.165) is 38.3 Å². The second kappa shape index (κ2) is 10.1. The number of hydrogen-bond donors (Lipinski definition) is 2. The average molecular weight is 348 g/mol. The molecule has 1 aromatic rings. The predicted molar refractivity (Wildman–Crippen MR) is 98.4 cm³/mol. The summed E-state index contributed by atoms with van der Waals surface area (Å²) in [4.78, 5) is 5.52. The Bertz CT molecular complexity index is 488. The Morgan fingerprint density at radius 3 is 2.60 bits per heavy atom. The molecule has 5 heteroatoms. The third kappa shape index (κ3) is 6.26. The van der Waals surface area contributed by atoms with Crippen molar-refractivity contribution in [3.8, 4) is 5.75 Å². The van der Waals surface area contributed by atoms with Crippen molar-refractivity contribution < 1.29 is 14.3 Å². The molecule has 0 saturated carbocycles. The summed E-state index contributed by atoms with van der Waals surface area (Å²) >= 11 is 0. The van der Waals surface area contributed by atoms with Gasteiger partial charge in [0.1, 0.15) is 12.0 Å². The summed E-state index contributed by atoms with van der Waals surface area (Å²) in [6.07, 6.45) is 8.98. The topological polar surface area (TPSA) is 51.8 Å². The summed E-state index contributed by atoms with van der Waals surface area (Å²) in [5, 5.41) is 3.31. The van der Waals surface area contributed by atoms with Crippen LogP contribution in [-0.2, 0) is 9.57 Å². The lowest BCUT2D eigenvalue weighted by Gasteiger charge is -2.11. The molecule has 2 heterocycles. The van der Waals surface area contributed by atoms with Gasteiger partial charge in [-0.05, 0) is 43.9 Å². The van der Waals surface area contributed by atoms with E-state index in [-0.39, 0.29) is 6.23 Å². The molecule has 0 aliphatic carbocycles. The summed E-state index contributed by atoms with van der Waals surface area (Å²) in [5.41, 5.74) is 4.21. The van der Waals surface area contributed by atoms with Crippen LogP contribution in [0, 0.1) is 0 Å². The maximum Gasteiger partial charge on any atom is 0.134 e. The number of ether oxygens (including phenoxy) is 2. The molecule has 2 saturated heterocycles. The number of nitrogens with one attached hydrogen (secondary N) is 2. The van der Waals surface area contributed by atoms with Crippen molar-refractivity contribution in [3.63, 3.8) is 0 Å². The number of benzene rings is 1. The molecular formula is C20H32N2O3. The van der Waals surface area contributed by atoms with E-state index in [9.17, 15) is 0 Å². The quantitative estimate of drug-likeness (QED) is 0.631. The Labute approximate surface area is 151 Å². The van der Waals surface area contributed by atoms with Gasteiger partial charge in [0.25, 0.3) is 0 Å². The Morgan fingerprint density at radius 1 is 1.08 bits per heavy atom. The molecule has 0 spiro atoms. The first kappa shape index (κ1) is 18.6. The standard InChI is InChI=1S/C20H32N2O3/c1-16-15-19(25-22-16)7-5-3-2-4-6-13-23-18-10-8-17(9-11-18)20-21-12-14-24-20/h8-11,16,19-22H,2-7,12-15H2,1H3. The lowest BCUT2D eigenvalue weighted by molar-refractivity contribution is 0.0223. The van der Waals surface area contributed by atoms with Crippen molar-refractivity contribution in [2.45, 2.75) is 70.2 Å². The van der Waals surface area contributed by atoms with Crippen molar-refractivity contribution in [2.75, 3.05) is 19.8 Å². The van der Waals surface area contributed by atoms with Crippen LogP contribution < -0.4 is 15.5 Å². The zero-order valence-corrected chi connectivity index (χ0v) is 15.3. The van der Waals surface area contributed by atoms with E-state index in [1.807, 2.05) is 12.1 Å². The molecule has 3 unspecified atom stereocenters. The molecule has 3 atom stereocenters. The van der Waals surface area contributed by atoms with E-state index in [1.165, 1.54) is 37.7 Å². The second-order valence-electron chi connectivity index (χ2n) is 7.17. The van der Waals surface area contributed by atoms with Crippen LogP contribution in [0.4, 0.5) is 0 Å². The van der Waals surface area contributed by atoms with Crippen LogP contribution >= 0.6 is 0 Å². The van der Waals surface area contributed by atoms with Crippen LogP contribution in [0.5, 0.6) is 5.75 Å². The maximum absolute atomic E-state index is 5.83. The summed E-state index contributed by atoms with van der Waals surface area (Å²) < 4.78 is 11.4. The molecule has 3 rings (SSSR count). The minimum atomic E-state index is 0.0441. The van der Waals surface area contributed by atoms with Crippen LogP contribution in [0.1, 0.15) is 63.7 Å². The SMILES string of the molecule is CC1CC(CCCCCCCOc2ccc(C3NCCO3)cc2)ON1. The molecule has 5 nitrogen and oxygen atoms in total. The van der Waals surface area contributed by atoms with Crippen molar-refractivity contribution in [1.29, 1.82) is 0 Å². The van der Waals surface area contributed by atoms with E-state index >= 15 is 0 Å². The largest absolute Gasteiger partial charge is 0.494 e. The third-order valence-electron chi connectivity index (χ3n) is 4.89. The van der Waals surface area contributed by atoms with E-state index in [4.69, 9.17) is 14.3 Å². The van der Waals surface area contributed by atoms with Gasteiger partial charge in [-0.3, -0.25) is 10.2 Å². The summed E-state index contributed by atoms with van der Waals surface area (Å²) in [6.45, 7) is 4.68. The minimum Gasteiger partial charge on any atom is -0.494 e. The first-order chi connectivity index (χ1) is 12.3. The second-order valence-corrected chi connectivity index (χ2v) is 7.17. The molecule has 2 aliphatic rings. The Hall–Kier alpha value is -1.14. The van der Waals surface area contributed by atoms with Gasteiger partial charge in [0.15, 0.2) is 0 Å². The fraction of sp³-hybridized carbons (Fsp3) is 0.700. The maximum atomic E-state index is 5.83.